The summed E-state index contributed by atoms with van der Waals surface area (Å²) in [7, 11) is 0. The van der Waals surface area contributed by atoms with Gasteiger partial charge in [-0.1, -0.05) is 6.92 Å². The van der Waals surface area contributed by atoms with Crippen LogP contribution in [-0.2, 0) is 4.79 Å². The number of hydrogen-bond donors (Lipinski definition) is 1. The lowest BCUT2D eigenvalue weighted by Crippen LogP contribution is -2.56. The molecule has 1 atom stereocenters. The van der Waals surface area contributed by atoms with Gasteiger partial charge < -0.3 is 10.2 Å². The molecule has 1 aliphatic heterocycles. The highest BCUT2D eigenvalue weighted by atomic mass is 19.2. The number of carbonyl (C=O) groups is 2. The minimum absolute atomic E-state index is 0.0482. The van der Waals surface area contributed by atoms with E-state index in [0.717, 1.165) is 12.1 Å². The minimum Gasteiger partial charge on any atom is -0.353 e. The zero-order chi connectivity index (χ0) is 14.0. The first-order chi connectivity index (χ1) is 9.04. The fourth-order valence-corrected chi connectivity index (χ4v) is 2.16. The van der Waals surface area contributed by atoms with E-state index in [1.807, 2.05) is 0 Å². The average molecular weight is 268 g/mol. The van der Waals surface area contributed by atoms with Crippen molar-refractivity contribution in [1.82, 2.24) is 10.2 Å². The Morgan fingerprint density at radius 1 is 1.42 bits per heavy atom. The van der Waals surface area contributed by atoms with E-state index in [1.165, 1.54) is 11.0 Å². The van der Waals surface area contributed by atoms with Crippen molar-refractivity contribution in [2.75, 3.05) is 13.1 Å². The monoisotopic (exact) mass is 268 g/mol. The van der Waals surface area contributed by atoms with Crippen LogP contribution in [0.1, 0.15) is 23.7 Å². The second kappa shape index (κ2) is 5.34. The van der Waals surface area contributed by atoms with E-state index in [-0.39, 0.29) is 11.5 Å². The summed E-state index contributed by atoms with van der Waals surface area (Å²) in [6, 6.07) is 2.43. The van der Waals surface area contributed by atoms with Crippen molar-refractivity contribution in [1.29, 1.82) is 0 Å². The normalized spacial score (nSPS) is 19.2. The van der Waals surface area contributed by atoms with Gasteiger partial charge in [0, 0.05) is 18.7 Å². The van der Waals surface area contributed by atoms with Crippen molar-refractivity contribution in [3.8, 4) is 0 Å². The second-order valence-corrected chi connectivity index (χ2v) is 4.34. The van der Waals surface area contributed by atoms with Crippen molar-refractivity contribution < 1.29 is 18.4 Å². The molecule has 1 unspecified atom stereocenters. The molecule has 0 saturated carbocycles. The molecule has 0 bridgehead atoms. The number of rotatable bonds is 2. The summed E-state index contributed by atoms with van der Waals surface area (Å²) in [4.78, 5) is 25.3. The van der Waals surface area contributed by atoms with Crippen LogP contribution in [0.3, 0.4) is 0 Å². The van der Waals surface area contributed by atoms with Gasteiger partial charge in [-0.15, -0.1) is 0 Å². The molecule has 0 aromatic heterocycles. The molecule has 1 aromatic carbocycles. The van der Waals surface area contributed by atoms with E-state index in [9.17, 15) is 18.4 Å². The molecule has 1 heterocycles. The molecule has 1 saturated heterocycles. The first-order valence-corrected chi connectivity index (χ1v) is 6.08. The fourth-order valence-electron chi connectivity index (χ4n) is 2.16. The maximum absolute atomic E-state index is 13.1. The van der Waals surface area contributed by atoms with Gasteiger partial charge in [-0.2, -0.15) is 0 Å². The molecule has 0 spiro atoms. The third-order valence-electron chi connectivity index (χ3n) is 3.14. The smallest absolute Gasteiger partial charge is 0.254 e. The molecule has 1 aromatic rings. The summed E-state index contributed by atoms with van der Waals surface area (Å²) in [5.74, 6) is -2.74. The molecule has 1 fully saturated rings. The lowest BCUT2D eigenvalue weighted by molar-refractivity contribution is -0.127. The van der Waals surface area contributed by atoms with Gasteiger partial charge in [-0.25, -0.2) is 8.78 Å². The first kappa shape index (κ1) is 13.5. The van der Waals surface area contributed by atoms with Gasteiger partial charge >= 0.3 is 0 Å². The highest BCUT2D eigenvalue weighted by Gasteiger charge is 2.32. The van der Waals surface area contributed by atoms with Crippen LogP contribution in [0.4, 0.5) is 8.78 Å². The molecule has 1 N–H and O–H groups in total. The molecule has 6 heteroatoms. The number of halogens is 2. The maximum Gasteiger partial charge on any atom is 0.254 e. The number of amides is 2. The van der Waals surface area contributed by atoms with E-state index in [0.29, 0.717) is 19.5 Å². The Hall–Kier alpha value is -1.98. The highest BCUT2D eigenvalue weighted by molar-refractivity contribution is 5.98. The second-order valence-electron chi connectivity index (χ2n) is 4.34. The minimum atomic E-state index is -1.07. The molecule has 2 rings (SSSR count). The fraction of sp³-hybridized carbons (Fsp3) is 0.385. The molecule has 2 amide bonds. The van der Waals surface area contributed by atoms with Gasteiger partial charge in [-0.3, -0.25) is 9.59 Å². The van der Waals surface area contributed by atoms with E-state index >= 15 is 0 Å². The lowest BCUT2D eigenvalue weighted by Gasteiger charge is -2.34. The Labute approximate surface area is 109 Å². The van der Waals surface area contributed by atoms with Crippen molar-refractivity contribution in [2.45, 2.75) is 19.4 Å². The van der Waals surface area contributed by atoms with Gasteiger partial charge in [0.1, 0.15) is 6.04 Å². The van der Waals surface area contributed by atoms with Gasteiger partial charge in [0.25, 0.3) is 5.91 Å². The summed E-state index contributed by atoms with van der Waals surface area (Å²) in [5, 5.41) is 2.67. The van der Waals surface area contributed by atoms with Gasteiger partial charge in [0.2, 0.25) is 5.91 Å². The van der Waals surface area contributed by atoms with E-state index in [4.69, 9.17) is 0 Å². The third kappa shape index (κ3) is 2.57. The van der Waals surface area contributed by atoms with Crippen LogP contribution in [0.15, 0.2) is 18.2 Å². The Bertz CT molecular complexity index is 519. The first-order valence-electron chi connectivity index (χ1n) is 6.08. The van der Waals surface area contributed by atoms with Crippen LogP contribution in [0.2, 0.25) is 0 Å². The average Bonchev–Trinajstić information content (AvgIpc) is 2.40. The number of benzene rings is 1. The molecule has 102 valence electrons. The van der Waals surface area contributed by atoms with E-state index in [2.05, 4.69) is 5.32 Å². The van der Waals surface area contributed by atoms with Crippen LogP contribution in [0.25, 0.3) is 0 Å². The Kier molecular flexibility index (Phi) is 3.78. The summed E-state index contributed by atoms with van der Waals surface area (Å²) in [6.45, 7) is 2.52. The van der Waals surface area contributed by atoms with Crippen molar-refractivity contribution in [3.63, 3.8) is 0 Å². The van der Waals surface area contributed by atoms with Crippen molar-refractivity contribution >= 4 is 11.8 Å². The SMILES string of the molecule is CCC1C(=O)NCCN1C(=O)c1ccc(F)c(F)c1. The zero-order valence-corrected chi connectivity index (χ0v) is 10.5. The van der Waals surface area contributed by atoms with Crippen molar-refractivity contribution in [2.24, 2.45) is 0 Å². The molecular formula is C13H14F2N2O2. The molecule has 19 heavy (non-hydrogen) atoms. The highest BCUT2D eigenvalue weighted by Crippen LogP contribution is 2.15. The number of hydrogen-bond acceptors (Lipinski definition) is 2. The van der Waals surface area contributed by atoms with Crippen molar-refractivity contribution in [3.05, 3.63) is 35.4 Å². The predicted molar refractivity (Wildman–Crippen MR) is 64.5 cm³/mol. The Balaban J connectivity index is 2.26. The third-order valence-corrected chi connectivity index (χ3v) is 3.14. The maximum atomic E-state index is 13.1. The van der Waals surface area contributed by atoms with Gasteiger partial charge in [0.05, 0.1) is 0 Å². The Morgan fingerprint density at radius 2 is 2.16 bits per heavy atom. The zero-order valence-electron chi connectivity index (χ0n) is 10.5. The van der Waals surface area contributed by atoms with E-state index < -0.39 is 23.6 Å². The quantitative estimate of drug-likeness (QED) is 0.879. The molecule has 0 aliphatic carbocycles. The number of nitrogens with zero attached hydrogens (tertiary/aromatic N) is 1. The summed E-state index contributed by atoms with van der Waals surface area (Å²) in [5.41, 5.74) is 0.0482. The molecule has 1 aliphatic rings. The summed E-state index contributed by atoms with van der Waals surface area (Å²) in [6.07, 6.45) is 0.473. The number of piperazine rings is 1. The standard InChI is InChI=1S/C13H14F2N2O2/c1-2-11-12(18)16-5-6-17(11)13(19)8-3-4-9(14)10(15)7-8/h3-4,7,11H,2,5-6H2,1H3,(H,16,18). The number of carbonyl (C=O) groups excluding carboxylic acids is 2. The van der Waals surface area contributed by atoms with Gasteiger partial charge in [0.15, 0.2) is 11.6 Å². The Morgan fingerprint density at radius 3 is 2.79 bits per heavy atom. The van der Waals surface area contributed by atoms with Crippen LogP contribution in [0.5, 0.6) is 0 Å². The van der Waals surface area contributed by atoms with Gasteiger partial charge in [-0.05, 0) is 24.6 Å². The predicted octanol–water partition coefficient (Wildman–Crippen LogP) is 1.32. The topological polar surface area (TPSA) is 49.4 Å². The van der Waals surface area contributed by atoms with E-state index in [1.54, 1.807) is 6.92 Å². The number of nitrogens with one attached hydrogen (secondary N) is 1. The van der Waals surface area contributed by atoms with Crippen LogP contribution in [0, 0.1) is 11.6 Å². The summed E-state index contributed by atoms with van der Waals surface area (Å²) >= 11 is 0. The molecular weight excluding hydrogens is 254 g/mol. The van der Waals surface area contributed by atoms with Crippen LogP contribution < -0.4 is 5.32 Å². The molecule has 4 nitrogen and oxygen atoms in total. The largest absolute Gasteiger partial charge is 0.353 e. The van der Waals surface area contributed by atoms with Crippen LogP contribution in [-0.4, -0.2) is 35.8 Å². The molecule has 0 radical (unpaired) electrons. The summed E-state index contributed by atoms with van der Waals surface area (Å²) < 4.78 is 26.0. The lowest BCUT2D eigenvalue weighted by atomic mass is 10.1. The van der Waals surface area contributed by atoms with Crippen LogP contribution >= 0.6 is 0 Å².